The number of ether oxygens (including phenoxy) is 1. The van der Waals surface area contributed by atoms with Gasteiger partial charge in [0.05, 0.1) is 12.3 Å². The molecule has 1 aromatic rings. The molecule has 8 nitrogen and oxygen atoms in total. The van der Waals surface area contributed by atoms with Crippen LogP contribution < -0.4 is 0 Å². The Labute approximate surface area is 187 Å². The number of phenolic OH excluding ortho intramolecular Hbond substituents is 2. The third-order valence-corrected chi connectivity index (χ3v) is 5.03. The number of carbonyl (C=O) groups is 2. The lowest BCUT2D eigenvalue weighted by Gasteiger charge is -2.22. The molecule has 2 N–H and O–H groups in total. The van der Waals surface area contributed by atoms with Crippen LogP contribution in [0.2, 0.25) is 0 Å². The van der Waals surface area contributed by atoms with Gasteiger partial charge < -0.3 is 24.7 Å². The van der Waals surface area contributed by atoms with Crippen molar-refractivity contribution in [1.82, 2.24) is 4.90 Å². The number of esters is 1. The first-order chi connectivity index (χ1) is 15.5. The highest BCUT2D eigenvalue weighted by Gasteiger charge is 2.21. The number of amides is 1. The summed E-state index contributed by atoms with van der Waals surface area (Å²) in [4.78, 5) is 31.9. The van der Waals surface area contributed by atoms with E-state index in [4.69, 9.17) is 9.57 Å². The maximum absolute atomic E-state index is 12.6. The largest absolute Gasteiger partial charge is 0.508 e. The lowest BCUT2D eigenvalue weighted by Crippen LogP contribution is -2.36. The highest BCUT2D eigenvalue weighted by molar-refractivity contribution is 6.00. The number of nitrogens with zero attached hydrogens (tertiary/aromatic N) is 2. The van der Waals surface area contributed by atoms with Crippen molar-refractivity contribution in [1.29, 1.82) is 0 Å². The van der Waals surface area contributed by atoms with Crippen molar-refractivity contribution >= 4 is 17.6 Å². The molecule has 0 spiro atoms. The van der Waals surface area contributed by atoms with Gasteiger partial charge in [-0.05, 0) is 43.4 Å². The van der Waals surface area contributed by atoms with Crippen molar-refractivity contribution in [2.75, 3.05) is 26.3 Å². The number of fused-ring (bicyclic) bond motifs is 1. The summed E-state index contributed by atoms with van der Waals surface area (Å²) in [5, 5.41) is 24.3. The quantitative estimate of drug-likeness (QED) is 0.424. The van der Waals surface area contributed by atoms with Crippen molar-refractivity contribution in [3.63, 3.8) is 0 Å². The van der Waals surface area contributed by atoms with Crippen molar-refractivity contribution in [2.45, 2.75) is 32.1 Å². The van der Waals surface area contributed by atoms with Crippen LogP contribution in [-0.4, -0.2) is 59.0 Å². The molecule has 3 rings (SSSR count). The van der Waals surface area contributed by atoms with Crippen LogP contribution in [0.3, 0.4) is 0 Å². The molecule has 0 aliphatic carbocycles. The fraction of sp³-hybridized carbons (Fsp3) is 0.375. The molecule has 0 unspecified atom stereocenters. The van der Waals surface area contributed by atoms with Crippen LogP contribution in [0.1, 0.15) is 41.6 Å². The molecule has 32 heavy (non-hydrogen) atoms. The minimum absolute atomic E-state index is 0.0267. The standard InChI is InChI=1S/C24H28N2O6/c27-20-15-18-14-19(25-32-17-22(29)26-11-7-5-8-12-26)10-6-3-1-2-4-9-13-31-24(30)23(18)21(28)16-20/h2,4-7,10,15-16,27-28H,1,3,8-9,11-14,17H2/b4-2+,10-6+,25-19+. The zero-order chi connectivity index (χ0) is 22.8. The van der Waals surface area contributed by atoms with E-state index in [-0.39, 0.29) is 42.6 Å². The first-order valence-corrected chi connectivity index (χ1v) is 10.7. The summed E-state index contributed by atoms with van der Waals surface area (Å²) >= 11 is 0. The van der Waals surface area contributed by atoms with Gasteiger partial charge in [0.1, 0.15) is 17.1 Å². The summed E-state index contributed by atoms with van der Waals surface area (Å²) in [6, 6.07) is 2.48. The van der Waals surface area contributed by atoms with Gasteiger partial charge in [0, 0.05) is 25.6 Å². The molecule has 0 aromatic heterocycles. The molecule has 0 radical (unpaired) electrons. The Kier molecular flexibility index (Phi) is 8.48. The van der Waals surface area contributed by atoms with E-state index in [1.165, 1.54) is 6.07 Å². The van der Waals surface area contributed by atoms with Gasteiger partial charge >= 0.3 is 5.97 Å². The second-order valence-corrected chi connectivity index (χ2v) is 7.51. The van der Waals surface area contributed by atoms with E-state index < -0.39 is 5.97 Å². The zero-order valence-electron chi connectivity index (χ0n) is 17.9. The van der Waals surface area contributed by atoms with E-state index in [9.17, 15) is 19.8 Å². The van der Waals surface area contributed by atoms with Crippen molar-refractivity contribution in [3.05, 3.63) is 59.7 Å². The normalized spacial score (nSPS) is 20.7. The Hall–Kier alpha value is -3.55. The highest BCUT2D eigenvalue weighted by Crippen LogP contribution is 2.29. The molecule has 1 aromatic carbocycles. The van der Waals surface area contributed by atoms with Gasteiger partial charge in [0.25, 0.3) is 5.91 Å². The summed E-state index contributed by atoms with van der Waals surface area (Å²) in [5.41, 5.74) is 0.761. The van der Waals surface area contributed by atoms with Gasteiger partial charge in [0.15, 0.2) is 6.61 Å². The Bertz CT molecular complexity index is 948. The van der Waals surface area contributed by atoms with Crippen LogP contribution in [0.15, 0.2) is 53.7 Å². The van der Waals surface area contributed by atoms with Gasteiger partial charge in [-0.2, -0.15) is 0 Å². The second kappa shape index (κ2) is 11.7. The molecule has 0 saturated heterocycles. The number of cyclic esters (lactones) is 1. The molecule has 0 saturated carbocycles. The van der Waals surface area contributed by atoms with Crippen LogP contribution in [-0.2, 0) is 20.8 Å². The van der Waals surface area contributed by atoms with Crippen molar-refractivity contribution in [2.24, 2.45) is 5.16 Å². The average Bonchev–Trinajstić information content (AvgIpc) is 2.77. The van der Waals surface area contributed by atoms with Crippen LogP contribution in [0, 0.1) is 0 Å². The Morgan fingerprint density at radius 1 is 1.06 bits per heavy atom. The predicted molar refractivity (Wildman–Crippen MR) is 120 cm³/mol. The van der Waals surface area contributed by atoms with Crippen molar-refractivity contribution < 1.29 is 29.4 Å². The SMILES string of the molecule is O=C1OCC/C=C/CC/C=C/C(=N\OCC(=O)N2CC=CCC2)Cc2cc(O)cc(O)c21. The minimum Gasteiger partial charge on any atom is -0.508 e. The Balaban J connectivity index is 1.81. The molecular formula is C24H28N2O6. The van der Waals surface area contributed by atoms with E-state index >= 15 is 0 Å². The van der Waals surface area contributed by atoms with Crippen LogP contribution in [0.25, 0.3) is 0 Å². The number of benzene rings is 1. The number of allylic oxidation sites excluding steroid dienone is 3. The lowest BCUT2D eigenvalue weighted by atomic mass is 10.00. The number of hydrogen-bond acceptors (Lipinski definition) is 7. The van der Waals surface area contributed by atoms with E-state index in [0.29, 0.717) is 30.8 Å². The summed E-state index contributed by atoms with van der Waals surface area (Å²) in [6.07, 6.45) is 14.7. The average molecular weight is 440 g/mol. The molecule has 2 aliphatic heterocycles. The number of rotatable bonds is 3. The minimum atomic E-state index is -0.680. The van der Waals surface area contributed by atoms with Gasteiger partial charge in [-0.15, -0.1) is 0 Å². The third-order valence-electron chi connectivity index (χ3n) is 5.03. The molecule has 0 bridgehead atoms. The summed E-state index contributed by atoms with van der Waals surface area (Å²) in [6.45, 7) is 1.19. The molecule has 8 heteroatoms. The molecule has 2 heterocycles. The molecule has 0 fully saturated rings. The first-order valence-electron chi connectivity index (χ1n) is 10.7. The smallest absolute Gasteiger partial charge is 0.342 e. The topological polar surface area (TPSA) is 109 Å². The van der Waals surface area contributed by atoms with Gasteiger partial charge in [-0.1, -0.05) is 35.5 Å². The van der Waals surface area contributed by atoms with Gasteiger partial charge in [-0.3, -0.25) is 4.79 Å². The van der Waals surface area contributed by atoms with E-state index in [0.717, 1.165) is 25.3 Å². The van der Waals surface area contributed by atoms with Gasteiger partial charge in [-0.25, -0.2) is 4.79 Å². The number of aromatic hydroxyl groups is 2. The van der Waals surface area contributed by atoms with Crippen LogP contribution >= 0.6 is 0 Å². The fourth-order valence-corrected chi connectivity index (χ4v) is 3.43. The van der Waals surface area contributed by atoms with Gasteiger partial charge in [0.2, 0.25) is 0 Å². The molecule has 2 aliphatic rings. The maximum Gasteiger partial charge on any atom is 0.342 e. The summed E-state index contributed by atoms with van der Waals surface area (Å²) in [5.74, 6) is -1.39. The number of carbonyl (C=O) groups excluding carboxylic acids is 2. The van der Waals surface area contributed by atoms with E-state index in [2.05, 4.69) is 5.16 Å². The maximum atomic E-state index is 12.6. The number of phenols is 2. The zero-order valence-corrected chi connectivity index (χ0v) is 17.9. The Morgan fingerprint density at radius 3 is 2.66 bits per heavy atom. The Morgan fingerprint density at radius 2 is 1.84 bits per heavy atom. The van der Waals surface area contributed by atoms with E-state index in [1.54, 1.807) is 11.0 Å². The third kappa shape index (κ3) is 6.73. The first kappa shape index (κ1) is 23.1. The van der Waals surface area contributed by atoms with Crippen LogP contribution in [0.5, 0.6) is 11.5 Å². The van der Waals surface area contributed by atoms with Crippen LogP contribution in [0.4, 0.5) is 0 Å². The number of hydrogen-bond donors (Lipinski definition) is 2. The van der Waals surface area contributed by atoms with E-state index in [1.807, 2.05) is 30.4 Å². The number of oxime groups is 1. The molecule has 1 amide bonds. The summed E-state index contributed by atoms with van der Waals surface area (Å²) < 4.78 is 5.27. The monoisotopic (exact) mass is 440 g/mol. The predicted octanol–water partition coefficient (Wildman–Crippen LogP) is 3.25. The summed E-state index contributed by atoms with van der Waals surface area (Å²) in [7, 11) is 0. The van der Waals surface area contributed by atoms with Crippen molar-refractivity contribution in [3.8, 4) is 11.5 Å². The highest BCUT2D eigenvalue weighted by atomic mass is 16.6. The fourth-order valence-electron chi connectivity index (χ4n) is 3.43. The molecule has 170 valence electrons. The molecular weight excluding hydrogens is 412 g/mol. The lowest BCUT2D eigenvalue weighted by molar-refractivity contribution is -0.135. The molecule has 0 atom stereocenters. The second-order valence-electron chi connectivity index (χ2n) is 7.51.